The highest BCUT2D eigenvalue weighted by Gasteiger charge is 2.26. The quantitative estimate of drug-likeness (QED) is 0.891. The second kappa shape index (κ2) is 5.67. The Hall–Kier alpha value is -1.13. The SMILES string of the molecule is c1csc(C(NCc2ccno2)C2CCCC2)c1. The summed E-state index contributed by atoms with van der Waals surface area (Å²) < 4.78 is 5.15. The lowest BCUT2D eigenvalue weighted by Gasteiger charge is -2.23. The molecule has 1 aliphatic rings. The third-order valence-corrected chi connectivity index (χ3v) is 4.66. The highest BCUT2D eigenvalue weighted by molar-refractivity contribution is 7.10. The number of nitrogens with one attached hydrogen (secondary N) is 1. The van der Waals surface area contributed by atoms with E-state index in [2.05, 4.69) is 28.0 Å². The zero-order chi connectivity index (χ0) is 12.2. The van der Waals surface area contributed by atoms with Crippen LogP contribution >= 0.6 is 11.3 Å². The molecule has 0 aliphatic heterocycles. The molecule has 0 radical (unpaired) electrons. The van der Waals surface area contributed by atoms with Gasteiger partial charge in [0.2, 0.25) is 0 Å². The van der Waals surface area contributed by atoms with Crippen molar-refractivity contribution in [2.45, 2.75) is 38.3 Å². The molecule has 1 unspecified atom stereocenters. The maximum atomic E-state index is 5.15. The molecule has 4 heteroatoms. The molecule has 2 aromatic heterocycles. The van der Waals surface area contributed by atoms with E-state index in [1.54, 1.807) is 6.20 Å². The second-order valence-corrected chi connectivity index (χ2v) is 5.88. The van der Waals surface area contributed by atoms with Gasteiger partial charge in [-0.25, -0.2) is 0 Å². The Bertz CT molecular complexity index is 446. The molecular weight excluding hydrogens is 244 g/mol. The molecule has 1 fully saturated rings. The molecule has 18 heavy (non-hydrogen) atoms. The van der Waals surface area contributed by atoms with Crippen LogP contribution in [0, 0.1) is 5.92 Å². The lowest BCUT2D eigenvalue weighted by molar-refractivity contribution is 0.329. The third-order valence-electron chi connectivity index (χ3n) is 3.71. The minimum Gasteiger partial charge on any atom is -0.360 e. The van der Waals surface area contributed by atoms with Crippen molar-refractivity contribution < 1.29 is 4.52 Å². The number of hydrogen-bond acceptors (Lipinski definition) is 4. The maximum Gasteiger partial charge on any atom is 0.150 e. The Morgan fingerprint density at radius 3 is 2.94 bits per heavy atom. The van der Waals surface area contributed by atoms with Crippen molar-refractivity contribution in [3.8, 4) is 0 Å². The largest absolute Gasteiger partial charge is 0.360 e. The predicted molar refractivity (Wildman–Crippen MR) is 72.4 cm³/mol. The number of hydrogen-bond donors (Lipinski definition) is 1. The first-order valence-electron chi connectivity index (χ1n) is 6.60. The zero-order valence-corrected chi connectivity index (χ0v) is 11.2. The lowest BCUT2D eigenvalue weighted by atomic mass is 9.96. The van der Waals surface area contributed by atoms with Crippen LogP contribution in [0.2, 0.25) is 0 Å². The normalized spacial score (nSPS) is 18.2. The standard InChI is InChI=1S/C14H18N2OS/c1-2-5-11(4-1)14(13-6-3-9-18-13)15-10-12-7-8-16-17-12/h3,6-9,11,14-15H,1-2,4-5,10H2. The van der Waals surface area contributed by atoms with Crippen LogP contribution in [0.15, 0.2) is 34.3 Å². The first-order chi connectivity index (χ1) is 8.93. The van der Waals surface area contributed by atoms with Gasteiger partial charge in [-0.2, -0.15) is 0 Å². The Balaban J connectivity index is 1.69. The molecule has 0 saturated heterocycles. The maximum absolute atomic E-state index is 5.15. The van der Waals surface area contributed by atoms with Gasteiger partial charge in [-0.05, 0) is 30.2 Å². The Kier molecular flexibility index (Phi) is 3.76. The van der Waals surface area contributed by atoms with E-state index in [1.165, 1.54) is 30.6 Å². The number of aromatic nitrogens is 1. The molecule has 2 heterocycles. The number of rotatable bonds is 5. The van der Waals surface area contributed by atoms with Crippen LogP contribution in [-0.4, -0.2) is 5.16 Å². The summed E-state index contributed by atoms with van der Waals surface area (Å²) in [6.45, 7) is 0.763. The van der Waals surface area contributed by atoms with Crippen LogP contribution in [0.4, 0.5) is 0 Å². The highest BCUT2D eigenvalue weighted by Crippen LogP contribution is 2.37. The van der Waals surface area contributed by atoms with Crippen molar-refractivity contribution >= 4 is 11.3 Å². The molecule has 1 atom stereocenters. The summed E-state index contributed by atoms with van der Waals surface area (Å²) in [6.07, 6.45) is 7.12. The van der Waals surface area contributed by atoms with Crippen molar-refractivity contribution in [2.24, 2.45) is 5.92 Å². The van der Waals surface area contributed by atoms with Crippen molar-refractivity contribution in [3.63, 3.8) is 0 Å². The van der Waals surface area contributed by atoms with E-state index in [4.69, 9.17) is 4.52 Å². The van der Waals surface area contributed by atoms with E-state index in [0.29, 0.717) is 6.04 Å². The second-order valence-electron chi connectivity index (χ2n) is 4.90. The van der Waals surface area contributed by atoms with Gasteiger partial charge in [0.1, 0.15) is 5.76 Å². The van der Waals surface area contributed by atoms with Crippen LogP contribution in [0.1, 0.15) is 42.4 Å². The summed E-state index contributed by atoms with van der Waals surface area (Å²) in [5, 5.41) is 9.55. The summed E-state index contributed by atoms with van der Waals surface area (Å²) in [7, 11) is 0. The van der Waals surface area contributed by atoms with Gasteiger partial charge in [-0.1, -0.05) is 24.1 Å². The van der Waals surface area contributed by atoms with E-state index in [9.17, 15) is 0 Å². The number of nitrogens with zero attached hydrogens (tertiary/aromatic N) is 1. The zero-order valence-electron chi connectivity index (χ0n) is 10.3. The van der Waals surface area contributed by atoms with Gasteiger partial charge in [0.05, 0.1) is 12.7 Å². The van der Waals surface area contributed by atoms with E-state index in [0.717, 1.165) is 18.2 Å². The summed E-state index contributed by atoms with van der Waals surface area (Å²) in [5.41, 5.74) is 0. The van der Waals surface area contributed by atoms with Crippen LogP contribution in [-0.2, 0) is 6.54 Å². The molecular formula is C14H18N2OS. The Labute approximate surface area is 111 Å². The van der Waals surface area contributed by atoms with E-state index in [-0.39, 0.29) is 0 Å². The molecule has 3 nitrogen and oxygen atoms in total. The fourth-order valence-electron chi connectivity index (χ4n) is 2.80. The smallest absolute Gasteiger partial charge is 0.150 e. The predicted octanol–water partition coefficient (Wildman–Crippen LogP) is 3.76. The van der Waals surface area contributed by atoms with Crippen molar-refractivity contribution in [3.05, 3.63) is 40.4 Å². The Morgan fingerprint density at radius 1 is 1.39 bits per heavy atom. The topological polar surface area (TPSA) is 38.1 Å². The van der Waals surface area contributed by atoms with Gasteiger partial charge >= 0.3 is 0 Å². The summed E-state index contributed by atoms with van der Waals surface area (Å²) >= 11 is 1.85. The van der Waals surface area contributed by atoms with Crippen LogP contribution in [0.25, 0.3) is 0 Å². The first-order valence-corrected chi connectivity index (χ1v) is 7.48. The molecule has 1 saturated carbocycles. The van der Waals surface area contributed by atoms with E-state index < -0.39 is 0 Å². The molecule has 96 valence electrons. The molecule has 3 rings (SSSR count). The molecule has 0 bridgehead atoms. The van der Waals surface area contributed by atoms with Gasteiger partial charge in [-0.15, -0.1) is 11.3 Å². The van der Waals surface area contributed by atoms with Crippen molar-refractivity contribution in [1.82, 2.24) is 10.5 Å². The van der Waals surface area contributed by atoms with Gasteiger partial charge in [0.25, 0.3) is 0 Å². The summed E-state index contributed by atoms with van der Waals surface area (Å²) in [4.78, 5) is 1.45. The Morgan fingerprint density at radius 2 is 2.28 bits per heavy atom. The first kappa shape index (κ1) is 11.9. The third kappa shape index (κ3) is 2.65. The average molecular weight is 262 g/mol. The van der Waals surface area contributed by atoms with Crippen LogP contribution in [0.3, 0.4) is 0 Å². The summed E-state index contributed by atoms with van der Waals surface area (Å²) in [5.74, 6) is 1.68. The summed E-state index contributed by atoms with van der Waals surface area (Å²) in [6, 6.07) is 6.77. The van der Waals surface area contributed by atoms with Crippen LogP contribution < -0.4 is 5.32 Å². The molecule has 0 aromatic carbocycles. The van der Waals surface area contributed by atoms with Crippen molar-refractivity contribution in [2.75, 3.05) is 0 Å². The molecule has 0 amide bonds. The molecule has 2 aromatic rings. The van der Waals surface area contributed by atoms with Crippen LogP contribution in [0.5, 0.6) is 0 Å². The fraction of sp³-hybridized carbons (Fsp3) is 0.500. The molecule has 1 N–H and O–H groups in total. The monoisotopic (exact) mass is 262 g/mol. The highest BCUT2D eigenvalue weighted by atomic mass is 32.1. The molecule has 0 spiro atoms. The van der Waals surface area contributed by atoms with Gasteiger partial charge in [0.15, 0.2) is 0 Å². The molecule has 1 aliphatic carbocycles. The van der Waals surface area contributed by atoms with E-state index in [1.807, 2.05) is 17.4 Å². The van der Waals surface area contributed by atoms with Gasteiger partial charge in [-0.3, -0.25) is 0 Å². The van der Waals surface area contributed by atoms with Gasteiger partial charge < -0.3 is 9.84 Å². The minimum absolute atomic E-state index is 0.470. The lowest BCUT2D eigenvalue weighted by Crippen LogP contribution is -2.25. The number of thiophene rings is 1. The minimum atomic E-state index is 0.470. The van der Waals surface area contributed by atoms with Gasteiger partial charge in [0, 0.05) is 17.0 Å². The van der Waals surface area contributed by atoms with E-state index >= 15 is 0 Å². The van der Waals surface area contributed by atoms with Crippen molar-refractivity contribution in [1.29, 1.82) is 0 Å². The average Bonchev–Trinajstić information content (AvgIpc) is 3.14. The fourth-order valence-corrected chi connectivity index (χ4v) is 3.70.